The van der Waals surface area contributed by atoms with Crippen molar-refractivity contribution in [1.82, 2.24) is 0 Å². The first-order valence-electron chi connectivity index (χ1n) is 7.27. The van der Waals surface area contributed by atoms with E-state index >= 15 is 0 Å². The summed E-state index contributed by atoms with van der Waals surface area (Å²) in [7, 11) is 0. The fourth-order valence-corrected chi connectivity index (χ4v) is 2.82. The van der Waals surface area contributed by atoms with Gasteiger partial charge in [-0.15, -0.1) is 0 Å². The molecule has 2 heteroatoms. The van der Waals surface area contributed by atoms with E-state index in [4.69, 9.17) is 4.74 Å². The number of hydrogen-bond acceptors (Lipinski definition) is 2. The van der Waals surface area contributed by atoms with Gasteiger partial charge < -0.3 is 9.84 Å². The summed E-state index contributed by atoms with van der Waals surface area (Å²) in [5.41, 5.74) is 1.51. The quantitative estimate of drug-likeness (QED) is 0.874. The zero-order chi connectivity index (χ0) is 14.0. The van der Waals surface area contributed by atoms with E-state index in [-0.39, 0.29) is 17.6 Å². The Hall–Kier alpha value is -1.02. The molecule has 1 N–H and O–H groups in total. The summed E-state index contributed by atoms with van der Waals surface area (Å²) < 4.78 is 6.00. The fourth-order valence-electron chi connectivity index (χ4n) is 2.82. The van der Waals surface area contributed by atoms with Crippen molar-refractivity contribution in [3.8, 4) is 5.75 Å². The molecule has 0 amide bonds. The molecule has 0 aliphatic heterocycles. The minimum Gasteiger partial charge on any atom is -0.488 e. The molecule has 0 aromatic heterocycles. The highest BCUT2D eigenvalue weighted by atomic mass is 16.5. The van der Waals surface area contributed by atoms with Crippen LogP contribution in [-0.2, 0) is 0 Å². The second kappa shape index (κ2) is 5.54. The van der Waals surface area contributed by atoms with Crippen molar-refractivity contribution in [2.45, 2.75) is 59.2 Å². The molecule has 0 bridgehead atoms. The SMILES string of the molecule is Cc1ccc(OC2CC(C(C)(C)C)CCC2O)cc1. The average Bonchev–Trinajstić information content (AvgIpc) is 2.33. The zero-order valence-electron chi connectivity index (χ0n) is 12.5. The average molecular weight is 262 g/mol. The molecule has 1 saturated carbocycles. The third-order valence-electron chi connectivity index (χ3n) is 4.29. The van der Waals surface area contributed by atoms with Gasteiger partial charge in [0.2, 0.25) is 0 Å². The van der Waals surface area contributed by atoms with Gasteiger partial charge in [0, 0.05) is 0 Å². The Bertz CT molecular complexity index is 402. The van der Waals surface area contributed by atoms with Crippen molar-refractivity contribution < 1.29 is 9.84 Å². The smallest absolute Gasteiger partial charge is 0.125 e. The third-order valence-corrected chi connectivity index (χ3v) is 4.29. The van der Waals surface area contributed by atoms with Crippen LogP contribution in [0.15, 0.2) is 24.3 Å². The number of aliphatic hydroxyl groups is 1. The number of aryl methyl sites for hydroxylation is 1. The predicted molar refractivity (Wildman–Crippen MR) is 78.4 cm³/mol. The van der Waals surface area contributed by atoms with Crippen LogP contribution in [0.1, 0.15) is 45.6 Å². The zero-order valence-corrected chi connectivity index (χ0v) is 12.5. The van der Waals surface area contributed by atoms with Gasteiger partial charge in [-0.05, 0) is 49.7 Å². The maximum Gasteiger partial charge on any atom is 0.125 e. The van der Waals surface area contributed by atoms with Crippen LogP contribution in [0.3, 0.4) is 0 Å². The Morgan fingerprint density at radius 2 is 1.74 bits per heavy atom. The van der Waals surface area contributed by atoms with Crippen LogP contribution in [0.25, 0.3) is 0 Å². The van der Waals surface area contributed by atoms with Gasteiger partial charge in [-0.1, -0.05) is 38.5 Å². The molecule has 1 aliphatic rings. The highest BCUT2D eigenvalue weighted by Gasteiger charge is 2.36. The van der Waals surface area contributed by atoms with E-state index in [1.54, 1.807) is 0 Å². The predicted octanol–water partition coefficient (Wildman–Crippen LogP) is 3.95. The Kier molecular flexibility index (Phi) is 4.19. The normalized spacial score (nSPS) is 28.2. The van der Waals surface area contributed by atoms with Crippen LogP contribution < -0.4 is 4.74 Å². The first-order valence-corrected chi connectivity index (χ1v) is 7.27. The molecule has 1 aromatic carbocycles. The summed E-state index contributed by atoms with van der Waals surface area (Å²) in [4.78, 5) is 0. The standard InChI is InChI=1S/C17H26O2/c1-12-5-8-14(9-6-12)19-16-11-13(17(2,3)4)7-10-15(16)18/h5-6,8-9,13,15-16,18H,7,10-11H2,1-4H3. The first kappa shape index (κ1) is 14.4. The lowest BCUT2D eigenvalue weighted by Gasteiger charge is -2.39. The van der Waals surface area contributed by atoms with Crippen molar-refractivity contribution in [2.75, 3.05) is 0 Å². The van der Waals surface area contributed by atoms with Gasteiger partial charge in [0.1, 0.15) is 11.9 Å². The van der Waals surface area contributed by atoms with Crippen LogP contribution in [0, 0.1) is 18.3 Å². The first-order chi connectivity index (χ1) is 8.86. The Morgan fingerprint density at radius 1 is 1.11 bits per heavy atom. The summed E-state index contributed by atoms with van der Waals surface area (Å²) in [5, 5.41) is 10.1. The maximum atomic E-state index is 10.1. The molecular formula is C17H26O2. The molecule has 106 valence electrons. The van der Waals surface area contributed by atoms with Crippen molar-refractivity contribution in [3.63, 3.8) is 0 Å². The second-order valence-corrected chi connectivity index (χ2v) is 6.91. The molecule has 1 aromatic rings. The molecule has 0 heterocycles. The van der Waals surface area contributed by atoms with Gasteiger partial charge in [0.05, 0.1) is 6.10 Å². The van der Waals surface area contributed by atoms with E-state index in [0.717, 1.165) is 25.0 Å². The fraction of sp³-hybridized carbons (Fsp3) is 0.647. The highest BCUT2D eigenvalue weighted by Crippen LogP contribution is 2.39. The number of benzene rings is 1. The van der Waals surface area contributed by atoms with E-state index < -0.39 is 0 Å². The molecule has 1 fully saturated rings. The summed E-state index contributed by atoms with van der Waals surface area (Å²) >= 11 is 0. The highest BCUT2D eigenvalue weighted by molar-refractivity contribution is 5.26. The molecule has 2 rings (SSSR count). The minimum atomic E-state index is -0.333. The topological polar surface area (TPSA) is 29.5 Å². The lowest BCUT2D eigenvalue weighted by atomic mass is 9.71. The Morgan fingerprint density at radius 3 is 2.32 bits per heavy atom. The molecule has 0 spiro atoms. The summed E-state index contributed by atoms with van der Waals surface area (Å²) in [6, 6.07) is 8.07. The lowest BCUT2D eigenvalue weighted by Crippen LogP contribution is -2.41. The lowest BCUT2D eigenvalue weighted by molar-refractivity contribution is -0.0297. The Balaban J connectivity index is 2.03. The summed E-state index contributed by atoms with van der Waals surface area (Å²) in [5.74, 6) is 1.48. The number of rotatable bonds is 2. The molecule has 0 radical (unpaired) electrons. The van der Waals surface area contributed by atoms with Crippen molar-refractivity contribution in [1.29, 1.82) is 0 Å². The van der Waals surface area contributed by atoms with E-state index in [1.807, 2.05) is 24.3 Å². The molecule has 3 atom stereocenters. The monoisotopic (exact) mass is 262 g/mol. The van der Waals surface area contributed by atoms with Gasteiger partial charge in [0.15, 0.2) is 0 Å². The maximum absolute atomic E-state index is 10.1. The molecule has 1 aliphatic carbocycles. The van der Waals surface area contributed by atoms with Crippen LogP contribution in [-0.4, -0.2) is 17.3 Å². The van der Waals surface area contributed by atoms with Gasteiger partial charge in [0.25, 0.3) is 0 Å². The van der Waals surface area contributed by atoms with Crippen molar-refractivity contribution in [3.05, 3.63) is 29.8 Å². The van der Waals surface area contributed by atoms with Crippen molar-refractivity contribution in [2.24, 2.45) is 11.3 Å². The minimum absolute atomic E-state index is 0.0688. The largest absolute Gasteiger partial charge is 0.488 e. The van der Waals surface area contributed by atoms with E-state index in [2.05, 4.69) is 27.7 Å². The summed E-state index contributed by atoms with van der Waals surface area (Å²) in [6.45, 7) is 8.89. The van der Waals surface area contributed by atoms with E-state index in [0.29, 0.717) is 5.92 Å². The molecular weight excluding hydrogens is 236 g/mol. The van der Waals surface area contributed by atoms with Gasteiger partial charge >= 0.3 is 0 Å². The van der Waals surface area contributed by atoms with Crippen LogP contribution >= 0.6 is 0 Å². The van der Waals surface area contributed by atoms with Gasteiger partial charge in [-0.25, -0.2) is 0 Å². The van der Waals surface area contributed by atoms with E-state index in [1.165, 1.54) is 5.56 Å². The number of aliphatic hydroxyl groups excluding tert-OH is 1. The molecule has 2 nitrogen and oxygen atoms in total. The number of hydrogen-bond donors (Lipinski definition) is 1. The van der Waals surface area contributed by atoms with Crippen molar-refractivity contribution >= 4 is 0 Å². The molecule has 0 saturated heterocycles. The molecule has 19 heavy (non-hydrogen) atoms. The van der Waals surface area contributed by atoms with Crippen LogP contribution in [0.5, 0.6) is 5.75 Å². The van der Waals surface area contributed by atoms with Gasteiger partial charge in [-0.2, -0.15) is 0 Å². The van der Waals surface area contributed by atoms with Gasteiger partial charge in [-0.3, -0.25) is 0 Å². The van der Waals surface area contributed by atoms with Crippen LogP contribution in [0.4, 0.5) is 0 Å². The summed E-state index contributed by atoms with van der Waals surface area (Å²) in [6.07, 6.45) is 2.48. The number of ether oxygens (including phenoxy) is 1. The van der Waals surface area contributed by atoms with Crippen LogP contribution in [0.2, 0.25) is 0 Å². The third kappa shape index (κ3) is 3.73. The Labute approximate surface area is 116 Å². The second-order valence-electron chi connectivity index (χ2n) is 6.91. The van der Waals surface area contributed by atoms with E-state index in [9.17, 15) is 5.11 Å². The molecule has 3 unspecified atom stereocenters.